The number of thioether (sulfide) groups is 1. The van der Waals surface area contributed by atoms with Crippen LogP contribution in [0.2, 0.25) is 0 Å². The molecule has 4 aromatic rings. The van der Waals surface area contributed by atoms with E-state index in [0.29, 0.717) is 11.6 Å². The Balaban J connectivity index is 1.56. The Morgan fingerprint density at radius 3 is 2.55 bits per heavy atom. The standard InChI is InChI=1S/C23H17N3O3S2/c27-20-17-16(19-22(25-23(29)31-19)30-18(17)21(28)24-20)14-11-26(10-12-6-2-1-3-7-12)15-9-5-4-8-13(14)15/h1-9,11,16-18H,10H2,(H,25,29)(H,24,27,28)/t16-,17+,18-/m0/s1. The number of para-hydroxylation sites is 1. The molecule has 0 spiro atoms. The summed E-state index contributed by atoms with van der Waals surface area (Å²) in [5.74, 6) is -1.43. The molecule has 0 unspecified atom stereocenters. The number of imide groups is 1. The van der Waals surface area contributed by atoms with E-state index in [4.69, 9.17) is 0 Å². The number of aromatic amines is 1. The minimum atomic E-state index is -0.536. The van der Waals surface area contributed by atoms with Gasteiger partial charge in [-0.15, -0.1) is 0 Å². The SMILES string of the molecule is O=C1NC(=O)[C@H]2Sc3[nH]c(=O)sc3[C@@H](c3cn(Cc4ccccc4)c4ccccc34)[C@@H]12. The quantitative estimate of drug-likeness (QED) is 0.472. The Morgan fingerprint density at radius 2 is 1.71 bits per heavy atom. The van der Waals surface area contributed by atoms with Crippen molar-refractivity contribution in [2.75, 3.05) is 0 Å². The number of nitrogens with one attached hydrogen (secondary N) is 2. The molecule has 3 atom stereocenters. The number of nitrogens with zero attached hydrogens (tertiary/aromatic N) is 1. The molecule has 2 aromatic carbocycles. The molecule has 0 aliphatic carbocycles. The van der Waals surface area contributed by atoms with Crippen LogP contribution in [0.4, 0.5) is 0 Å². The summed E-state index contributed by atoms with van der Waals surface area (Å²) < 4.78 is 2.18. The van der Waals surface area contributed by atoms with Gasteiger partial charge >= 0.3 is 4.87 Å². The Kier molecular flexibility index (Phi) is 4.19. The number of carbonyl (C=O) groups is 2. The van der Waals surface area contributed by atoms with Crippen molar-refractivity contribution < 1.29 is 9.59 Å². The van der Waals surface area contributed by atoms with Gasteiger partial charge in [0, 0.05) is 34.4 Å². The van der Waals surface area contributed by atoms with Crippen LogP contribution in [-0.2, 0) is 16.1 Å². The van der Waals surface area contributed by atoms with Crippen LogP contribution in [0.3, 0.4) is 0 Å². The van der Waals surface area contributed by atoms with Crippen LogP contribution in [0.5, 0.6) is 0 Å². The summed E-state index contributed by atoms with van der Waals surface area (Å²) in [6.45, 7) is 0.693. The zero-order valence-electron chi connectivity index (χ0n) is 16.2. The van der Waals surface area contributed by atoms with Crippen molar-refractivity contribution in [2.24, 2.45) is 5.92 Å². The Labute approximate surface area is 185 Å². The fourth-order valence-electron chi connectivity index (χ4n) is 4.71. The highest BCUT2D eigenvalue weighted by Crippen LogP contribution is 2.52. The lowest BCUT2D eigenvalue weighted by Crippen LogP contribution is -2.31. The van der Waals surface area contributed by atoms with Crippen molar-refractivity contribution in [3.63, 3.8) is 0 Å². The molecule has 31 heavy (non-hydrogen) atoms. The molecule has 154 valence electrons. The van der Waals surface area contributed by atoms with E-state index in [1.54, 1.807) is 0 Å². The highest BCUT2D eigenvalue weighted by Gasteiger charge is 2.52. The summed E-state index contributed by atoms with van der Waals surface area (Å²) in [5, 5.41) is 3.70. The third kappa shape index (κ3) is 2.90. The number of hydrogen-bond donors (Lipinski definition) is 2. The maximum absolute atomic E-state index is 12.8. The maximum Gasteiger partial charge on any atom is 0.305 e. The highest BCUT2D eigenvalue weighted by molar-refractivity contribution is 8.00. The van der Waals surface area contributed by atoms with Crippen LogP contribution < -0.4 is 10.2 Å². The van der Waals surface area contributed by atoms with Gasteiger partial charge in [0.05, 0.1) is 10.9 Å². The first kappa shape index (κ1) is 18.7. The predicted molar refractivity (Wildman–Crippen MR) is 121 cm³/mol. The molecule has 0 bridgehead atoms. The Morgan fingerprint density at radius 1 is 0.935 bits per heavy atom. The number of fused-ring (bicyclic) bond motifs is 3. The van der Waals surface area contributed by atoms with Crippen LogP contribution in [0.25, 0.3) is 10.9 Å². The van der Waals surface area contributed by atoms with Gasteiger partial charge in [0.2, 0.25) is 11.8 Å². The number of amides is 2. The number of carbonyl (C=O) groups excluding carboxylic acids is 2. The molecule has 1 saturated heterocycles. The van der Waals surface area contributed by atoms with Crippen molar-refractivity contribution >= 4 is 45.8 Å². The van der Waals surface area contributed by atoms with Crippen LogP contribution in [-0.4, -0.2) is 26.6 Å². The van der Waals surface area contributed by atoms with E-state index in [2.05, 4.69) is 39.3 Å². The molecule has 4 heterocycles. The Bertz CT molecular complexity index is 1400. The van der Waals surface area contributed by atoms with Gasteiger partial charge < -0.3 is 9.55 Å². The van der Waals surface area contributed by atoms with Crippen molar-refractivity contribution in [2.45, 2.75) is 22.7 Å². The smallest absolute Gasteiger partial charge is 0.305 e. The van der Waals surface area contributed by atoms with Gasteiger partial charge in [-0.25, -0.2) is 0 Å². The summed E-state index contributed by atoms with van der Waals surface area (Å²) in [6, 6.07) is 18.3. The van der Waals surface area contributed by atoms with E-state index in [0.717, 1.165) is 32.7 Å². The number of aromatic nitrogens is 2. The van der Waals surface area contributed by atoms with Crippen LogP contribution in [0, 0.1) is 5.92 Å². The third-order valence-corrected chi connectivity index (χ3v) is 8.43. The number of thiazole rings is 1. The number of H-pyrrole nitrogens is 1. The summed E-state index contributed by atoms with van der Waals surface area (Å²) in [6.07, 6.45) is 2.08. The summed E-state index contributed by atoms with van der Waals surface area (Å²) >= 11 is 2.42. The van der Waals surface area contributed by atoms with Gasteiger partial charge in [-0.3, -0.25) is 19.7 Å². The first-order valence-electron chi connectivity index (χ1n) is 9.96. The first-order valence-corrected chi connectivity index (χ1v) is 11.7. The fourth-order valence-corrected chi connectivity index (χ4v) is 7.18. The fraction of sp³-hybridized carbons (Fsp3) is 0.174. The van der Waals surface area contributed by atoms with Gasteiger partial charge in [0.1, 0.15) is 5.25 Å². The van der Waals surface area contributed by atoms with E-state index in [-0.39, 0.29) is 22.6 Å². The molecular weight excluding hydrogens is 430 g/mol. The minimum Gasteiger partial charge on any atom is -0.343 e. The van der Waals surface area contributed by atoms with Crippen molar-refractivity contribution in [3.8, 4) is 0 Å². The van der Waals surface area contributed by atoms with Gasteiger partial charge in [-0.2, -0.15) is 0 Å². The average molecular weight is 448 g/mol. The first-order chi connectivity index (χ1) is 15.1. The molecule has 6 rings (SSSR count). The molecule has 2 aliphatic rings. The second-order valence-corrected chi connectivity index (χ2v) is 9.98. The molecular formula is C23H17N3O3S2. The molecule has 2 aromatic heterocycles. The predicted octanol–water partition coefficient (Wildman–Crippen LogP) is 3.32. The molecule has 2 amide bonds. The summed E-state index contributed by atoms with van der Waals surface area (Å²) in [7, 11) is 0. The van der Waals surface area contributed by atoms with E-state index in [1.165, 1.54) is 17.3 Å². The maximum atomic E-state index is 12.8. The van der Waals surface area contributed by atoms with Gasteiger partial charge in [-0.1, -0.05) is 71.6 Å². The van der Waals surface area contributed by atoms with E-state index in [1.807, 2.05) is 36.4 Å². The summed E-state index contributed by atoms with van der Waals surface area (Å²) in [5.41, 5.74) is 3.21. The van der Waals surface area contributed by atoms with Crippen molar-refractivity contribution in [1.82, 2.24) is 14.9 Å². The lowest BCUT2D eigenvalue weighted by Gasteiger charge is -2.29. The van der Waals surface area contributed by atoms with Crippen molar-refractivity contribution in [1.29, 1.82) is 0 Å². The largest absolute Gasteiger partial charge is 0.343 e. The third-order valence-electron chi connectivity index (χ3n) is 6.01. The molecule has 2 N–H and O–H groups in total. The molecule has 0 radical (unpaired) electrons. The Hall–Kier alpha value is -3.10. The van der Waals surface area contributed by atoms with Gasteiger partial charge in [0.15, 0.2) is 0 Å². The van der Waals surface area contributed by atoms with Crippen molar-refractivity contribution in [3.05, 3.63) is 86.5 Å². The molecule has 0 saturated carbocycles. The van der Waals surface area contributed by atoms with E-state index in [9.17, 15) is 14.4 Å². The second kappa shape index (κ2) is 6.96. The monoisotopic (exact) mass is 447 g/mol. The summed E-state index contributed by atoms with van der Waals surface area (Å²) in [4.78, 5) is 41.0. The average Bonchev–Trinajstić information content (AvgIpc) is 3.41. The lowest BCUT2D eigenvalue weighted by atomic mass is 9.83. The number of hydrogen-bond acceptors (Lipinski definition) is 5. The molecule has 6 nitrogen and oxygen atoms in total. The van der Waals surface area contributed by atoms with Crippen LogP contribution >= 0.6 is 23.1 Å². The normalized spacial score (nSPS) is 22.4. The van der Waals surface area contributed by atoms with Gasteiger partial charge in [-0.05, 0) is 17.2 Å². The number of rotatable bonds is 3. The highest BCUT2D eigenvalue weighted by atomic mass is 32.2. The lowest BCUT2D eigenvalue weighted by molar-refractivity contribution is -0.125. The molecule has 8 heteroatoms. The van der Waals surface area contributed by atoms with Gasteiger partial charge in [0.25, 0.3) is 0 Å². The molecule has 1 fully saturated rings. The van der Waals surface area contributed by atoms with E-state index >= 15 is 0 Å². The van der Waals surface area contributed by atoms with Crippen LogP contribution in [0.1, 0.15) is 21.9 Å². The zero-order chi connectivity index (χ0) is 21.1. The topological polar surface area (TPSA) is 84.0 Å². The number of benzene rings is 2. The second-order valence-electron chi connectivity index (χ2n) is 7.82. The van der Waals surface area contributed by atoms with Crippen LogP contribution in [0.15, 0.2) is 70.6 Å². The zero-order valence-corrected chi connectivity index (χ0v) is 17.8. The molecule has 2 aliphatic heterocycles. The van der Waals surface area contributed by atoms with E-state index < -0.39 is 11.2 Å². The minimum absolute atomic E-state index is 0.164.